The van der Waals surface area contributed by atoms with Gasteiger partial charge in [-0.2, -0.15) is 0 Å². The molecule has 0 bridgehead atoms. The first-order valence-corrected chi connectivity index (χ1v) is 11.5. The first-order chi connectivity index (χ1) is 14.6. The Kier molecular flexibility index (Phi) is 6.82. The van der Waals surface area contributed by atoms with Crippen molar-refractivity contribution in [2.24, 2.45) is 5.92 Å². The number of carbonyl (C=O) groups excluding carboxylic acids is 3. The third-order valence-corrected chi connectivity index (χ3v) is 6.81. The maximum Gasteiger partial charge on any atom is 0.289 e. The number of Topliss-reactive ketones (excluding diaryl/α,β-unsaturated/α-hetero) is 1. The Morgan fingerprint density at radius 2 is 1.53 bits per heavy atom. The molecule has 1 aromatic carbocycles. The van der Waals surface area contributed by atoms with Gasteiger partial charge in [0.2, 0.25) is 11.7 Å². The molecule has 2 aliphatic heterocycles. The van der Waals surface area contributed by atoms with Crippen LogP contribution in [-0.4, -0.2) is 65.7 Å². The summed E-state index contributed by atoms with van der Waals surface area (Å²) in [6, 6.07) is 10.7. The van der Waals surface area contributed by atoms with Crippen LogP contribution in [0.2, 0.25) is 0 Å². The summed E-state index contributed by atoms with van der Waals surface area (Å²) in [5.41, 5.74) is 1.09. The fourth-order valence-electron chi connectivity index (χ4n) is 4.69. The van der Waals surface area contributed by atoms with Crippen molar-refractivity contribution in [2.45, 2.75) is 63.5 Å². The van der Waals surface area contributed by atoms with Gasteiger partial charge in [0.15, 0.2) is 0 Å². The predicted octanol–water partition coefficient (Wildman–Crippen LogP) is 2.17. The number of ketones is 1. The van der Waals surface area contributed by atoms with E-state index in [-0.39, 0.29) is 29.9 Å². The highest BCUT2D eigenvalue weighted by Crippen LogP contribution is 2.26. The molecule has 30 heavy (non-hydrogen) atoms. The molecule has 2 amide bonds. The maximum atomic E-state index is 12.5. The summed E-state index contributed by atoms with van der Waals surface area (Å²) in [7, 11) is 0. The smallest absolute Gasteiger partial charge is 0.289 e. The molecule has 6 nitrogen and oxygen atoms in total. The van der Waals surface area contributed by atoms with Gasteiger partial charge in [0, 0.05) is 37.5 Å². The zero-order chi connectivity index (χ0) is 20.9. The van der Waals surface area contributed by atoms with Crippen LogP contribution in [0.3, 0.4) is 0 Å². The van der Waals surface area contributed by atoms with Crippen LogP contribution in [0.4, 0.5) is 0 Å². The summed E-state index contributed by atoms with van der Waals surface area (Å²) in [6.45, 7) is 3.22. The molecule has 3 fully saturated rings. The summed E-state index contributed by atoms with van der Waals surface area (Å²) in [5, 5.41) is 3.13. The molecule has 0 atom stereocenters. The third-order valence-electron chi connectivity index (χ3n) is 6.81. The fourth-order valence-corrected chi connectivity index (χ4v) is 4.69. The number of nitrogens with zero attached hydrogens (tertiary/aromatic N) is 2. The summed E-state index contributed by atoms with van der Waals surface area (Å²) in [6.07, 6.45) is 6.84. The highest BCUT2D eigenvalue weighted by atomic mass is 16.2. The molecule has 4 rings (SSSR count). The second-order valence-electron chi connectivity index (χ2n) is 9.03. The maximum absolute atomic E-state index is 12.5. The molecular weight excluding hydrogens is 378 g/mol. The molecule has 0 spiro atoms. The van der Waals surface area contributed by atoms with Gasteiger partial charge in [-0.3, -0.25) is 14.4 Å². The van der Waals surface area contributed by atoms with Gasteiger partial charge in [0.25, 0.3) is 5.91 Å². The van der Waals surface area contributed by atoms with Crippen molar-refractivity contribution in [3.05, 3.63) is 35.9 Å². The topological polar surface area (TPSA) is 69.7 Å². The van der Waals surface area contributed by atoms with Crippen LogP contribution in [0.1, 0.15) is 50.5 Å². The number of likely N-dealkylation sites (tertiary alicyclic amines) is 2. The van der Waals surface area contributed by atoms with Crippen molar-refractivity contribution in [3.8, 4) is 0 Å². The zero-order valence-corrected chi connectivity index (χ0v) is 17.7. The van der Waals surface area contributed by atoms with Gasteiger partial charge in [-0.05, 0) is 63.6 Å². The lowest BCUT2D eigenvalue weighted by Gasteiger charge is -2.41. The van der Waals surface area contributed by atoms with Crippen molar-refractivity contribution < 1.29 is 14.4 Å². The summed E-state index contributed by atoms with van der Waals surface area (Å²) < 4.78 is 0. The Morgan fingerprint density at radius 3 is 2.17 bits per heavy atom. The first-order valence-electron chi connectivity index (χ1n) is 11.5. The number of benzene rings is 1. The van der Waals surface area contributed by atoms with Gasteiger partial charge < -0.3 is 15.1 Å². The number of rotatable bonds is 7. The molecule has 2 saturated heterocycles. The van der Waals surface area contributed by atoms with Gasteiger partial charge in [0.1, 0.15) is 0 Å². The molecule has 0 radical (unpaired) electrons. The minimum absolute atomic E-state index is 0.158. The van der Waals surface area contributed by atoms with E-state index in [4.69, 9.17) is 0 Å². The monoisotopic (exact) mass is 411 g/mol. The Labute approximate surface area is 179 Å². The lowest BCUT2D eigenvalue weighted by molar-refractivity contribution is -0.145. The van der Waals surface area contributed by atoms with E-state index in [9.17, 15) is 14.4 Å². The van der Waals surface area contributed by atoms with E-state index in [1.807, 2.05) is 30.3 Å². The number of hydrogen-bond acceptors (Lipinski definition) is 4. The van der Waals surface area contributed by atoms with E-state index in [0.717, 1.165) is 57.2 Å². The van der Waals surface area contributed by atoms with Crippen LogP contribution in [0.25, 0.3) is 0 Å². The lowest BCUT2D eigenvalue weighted by Crippen LogP contribution is -2.51. The van der Waals surface area contributed by atoms with Crippen molar-refractivity contribution in [1.29, 1.82) is 0 Å². The summed E-state index contributed by atoms with van der Waals surface area (Å²) in [4.78, 5) is 41.3. The van der Waals surface area contributed by atoms with Gasteiger partial charge in [-0.25, -0.2) is 0 Å². The Balaban J connectivity index is 1.17. The Morgan fingerprint density at radius 1 is 0.867 bits per heavy atom. The van der Waals surface area contributed by atoms with Gasteiger partial charge in [0.05, 0.1) is 0 Å². The van der Waals surface area contributed by atoms with Crippen molar-refractivity contribution >= 4 is 17.6 Å². The molecule has 6 heteroatoms. The highest BCUT2D eigenvalue weighted by molar-refractivity contribution is 6.36. The molecule has 1 N–H and O–H groups in total. The average Bonchev–Trinajstić information content (AvgIpc) is 3.62. The largest absolute Gasteiger partial charge is 0.353 e. The van der Waals surface area contributed by atoms with E-state index in [1.54, 1.807) is 4.90 Å². The third kappa shape index (κ3) is 5.48. The van der Waals surface area contributed by atoms with Crippen molar-refractivity contribution in [3.63, 3.8) is 0 Å². The summed E-state index contributed by atoms with van der Waals surface area (Å²) in [5.74, 6) is -0.197. The minimum atomic E-state index is -0.320. The van der Waals surface area contributed by atoms with Crippen LogP contribution in [-0.2, 0) is 20.8 Å². The molecule has 1 aliphatic carbocycles. The van der Waals surface area contributed by atoms with E-state index in [2.05, 4.69) is 10.2 Å². The van der Waals surface area contributed by atoms with E-state index in [1.165, 1.54) is 0 Å². The molecule has 1 saturated carbocycles. The normalized spacial score (nSPS) is 21.4. The van der Waals surface area contributed by atoms with Crippen molar-refractivity contribution in [1.82, 2.24) is 15.1 Å². The first kappa shape index (κ1) is 21.0. The lowest BCUT2D eigenvalue weighted by atomic mass is 9.92. The number of aryl methyl sites for hydroxylation is 1. The molecule has 162 valence electrons. The van der Waals surface area contributed by atoms with Crippen LogP contribution >= 0.6 is 0 Å². The van der Waals surface area contributed by atoms with E-state index >= 15 is 0 Å². The number of amides is 2. The Hall–Kier alpha value is -2.21. The molecule has 1 aromatic rings. The van der Waals surface area contributed by atoms with Crippen molar-refractivity contribution in [2.75, 3.05) is 26.2 Å². The van der Waals surface area contributed by atoms with Crippen LogP contribution in [0.5, 0.6) is 0 Å². The van der Waals surface area contributed by atoms with Crippen LogP contribution < -0.4 is 5.32 Å². The van der Waals surface area contributed by atoms with Gasteiger partial charge >= 0.3 is 0 Å². The fraction of sp³-hybridized carbons (Fsp3) is 0.625. The second-order valence-corrected chi connectivity index (χ2v) is 9.03. The van der Waals surface area contributed by atoms with E-state index in [0.29, 0.717) is 31.6 Å². The van der Waals surface area contributed by atoms with E-state index < -0.39 is 0 Å². The average molecular weight is 412 g/mol. The highest BCUT2D eigenvalue weighted by Gasteiger charge is 2.34. The predicted molar refractivity (Wildman–Crippen MR) is 115 cm³/mol. The zero-order valence-electron chi connectivity index (χ0n) is 17.7. The molecule has 3 aliphatic rings. The molecule has 2 heterocycles. The number of piperidine rings is 2. The molecular formula is C24H33N3O3. The molecule has 0 aromatic heterocycles. The van der Waals surface area contributed by atoms with Gasteiger partial charge in [-0.15, -0.1) is 0 Å². The standard InChI is InChI=1S/C24H33N3O3/c28-22(9-6-18-4-2-1-3-5-18)24(30)27-16-12-21(13-17-27)26-14-10-19(11-15-26)23(29)25-20-7-8-20/h1-5,19-21H,6-17H2,(H,25,29). The number of nitrogens with one attached hydrogen (secondary N) is 1. The minimum Gasteiger partial charge on any atom is -0.353 e. The SMILES string of the molecule is O=C(CCc1ccccc1)C(=O)N1CCC(N2CCC(C(=O)NC3CC3)CC2)CC1. The number of carbonyl (C=O) groups is 3. The van der Waals surface area contributed by atoms with Crippen LogP contribution in [0, 0.1) is 5.92 Å². The number of hydrogen-bond donors (Lipinski definition) is 1. The molecule has 0 unspecified atom stereocenters. The quantitative estimate of drug-likeness (QED) is 0.698. The Bertz CT molecular complexity index is 746. The van der Waals surface area contributed by atoms with Gasteiger partial charge in [-0.1, -0.05) is 30.3 Å². The van der Waals surface area contributed by atoms with Crippen LogP contribution in [0.15, 0.2) is 30.3 Å². The summed E-state index contributed by atoms with van der Waals surface area (Å²) >= 11 is 0. The second kappa shape index (κ2) is 9.73.